The van der Waals surface area contributed by atoms with E-state index in [1.165, 1.54) is 31.0 Å². The summed E-state index contributed by atoms with van der Waals surface area (Å²) in [7, 11) is 0. The van der Waals surface area contributed by atoms with Gasteiger partial charge in [0, 0.05) is 22.7 Å². The fraction of sp³-hybridized carbons (Fsp3) is 0.417. The van der Waals surface area contributed by atoms with Crippen LogP contribution in [0.2, 0.25) is 5.02 Å². The van der Waals surface area contributed by atoms with Gasteiger partial charge in [-0.2, -0.15) is 0 Å². The van der Waals surface area contributed by atoms with Gasteiger partial charge in [0.25, 0.3) is 5.91 Å². The van der Waals surface area contributed by atoms with Crippen LogP contribution in [-0.4, -0.2) is 27.7 Å². The molecule has 3 unspecified atom stereocenters. The molecule has 2 aliphatic carbocycles. The molecule has 3 aliphatic rings. The van der Waals surface area contributed by atoms with E-state index in [1.807, 2.05) is 41.3 Å². The molecule has 32 heavy (non-hydrogen) atoms. The minimum atomic E-state index is 0. The van der Waals surface area contributed by atoms with Gasteiger partial charge >= 0.3 is 0 Å². The number of nitrogens with two attached hydrogens (primary N) is 1. The Kier molecular flexibility index (Phi) is 7.37. The van der Waals surface area contributed by atoms with Crippen LogP contribution in [0.4, 0.5) is 0 Å². The third-order valence-corrected chi connectivity index (χ3v) is 8.32. The molecule has 0 radical (unpaired) electrons. The first-order valence-corrected chi connectivity index (χ1v) is 12.5. The van der Waals surface area contributed by atoms with Crippen LogP contribution < -0.4 is 5.73 Å². The molecule has 1 saturated heterocycles. The molecule has 3 atom stereocenters. The molecule has 8 heteroatoms. The number of aryl methyl sites for hydroxylation is 1. The first-order chi connectivity index (χ1) is 15.0. The number of amides is 1. The van der Waals surface area contributed by atoms with Gasteiger partial charge in [0.05, 0.1) is 4.91 Å². The van der Waals surface area contributed by atoms with Crippen molar-refractivity contribution in [2.24, 2.45) is 17.6 Å². The van der Waals surface area contributed by atoms with Crippen LogP contribution in [0.5, 0.6) is 0 Å². The summed E-state index contributed by atoms with van der Waals surface area (Å²) in [4.78, 5) is 15.8. The summed E-state index contributed by atoms with van der Waals surface area (Å²) in [6.07, 6.45) is 8.38. The fourth-order valence-corrected chi connectivity index (χ4v) is 6.69. The van der Waals surface area contributed by atoms with Crippen LogP contribution in [-0.2, 0) is 11.2 Å². The number of furan rings is 1. The number of benzene rings is 1. The molecular weight excluding hydrogens is 483 g/mol. The average Bonchev–Trinajstić information content (AvgIpc) is 3.52. The maximum Gasteiger partial charge on any atom is 0.266 e. The summed E-state index contributed by atoms with van der Waals surface area (Å²) in [5, 5.41) is 0.683. The third kappa shape index (κ3) is 4.53. The maximum absolute atomic E-state index is 13.3. The van der Waals surface area contributed by atoms with Gasteiger partial charge in [-0.25, -0.2) is 0 Å². The highest BCUT2D eigenvalue weighted by Gasteiger charge is 2.48. The minimum absolute atomic E-state index is 0. The van der Waals surface area contributed by atoms with E-state index in [2.05, 4.69) is 0 Å². The van der Waals surface area contributed by atoms with E-state index in [1.54, 1.807) is 0 Å². The van der Waals surface area contributed by atoms with Crippen molar-refractivity contribution in [2.75, 3.05) is 6.54 Å². The monoisotopic (exact) mass is 508 g/mol. The Balaban J connectivity index is 0.00000245. The molecule has 5 rings (SSSR count). The predicted molar refractivity (Wildman–Crippen MR) is 138 cm³/mol. The summed E-state index contributed by atoms with van der Waals surface area (Å²) in [6.45, 7) is 0.604. The number of hydrogen-bond donors (Lipinski definition) is 1. The van der Waals surface area contributed by atoms with E-state index in [4.69, 9.17) is 34.0 Å². The SMILES string of the molecule is Cl.NCCCc1cc(-c2ccc(Cl)cc2)oc1/C=C1\SC(=S)N(C2CC3CCC2C3)C1=O. The Morgan fingerprint density at radius 2 is 2.03 bits per heavy atom. The normalized spacial score (nSPS) is 25.8. The highest BCUT2D eigenvalue weighted by atomic mass is 35.5. The van der Waals surface area contributed by atoms with Gasteiger partial charge in [-0.15, -0.1) is 12.4 Å². The quantitative estimate of drug-likeness (QED) is 0.366. The van der Waals surface area contributed by atoms with Gasteiger partial charge in [-0.05, 0) is 86.4 Å². The lowest BCUT2D eigenvalue weighted by atomic mass is 9.94. The first-order valence-electron chi connectivity index (χ1n) is 10.9. The summed E-state index contributed by atoms with van der Waals surface area (Å²) in [5.74, 6) is 2.87. The number of thioether (sulfide) groups is 1. The molecular formula is C24H26Cl2N2O2S2. The highest BCUT2D eigenvalue weighted by Crippen LogP contribution is 2.49. The molecule has 2 N–H and O–H groups in total. The molecule has 2 heterocycles. The Labute approximate surface area is 209 Å². The lowest BCUT2D eigenvalue weighted by Crippen LogP contribution is -2.41. The number of carbonyl (C=O) groups excluding carboxylic acids is 1. The van der Waals surface area contributed by atoms with Crippen molar-refractivity contribution in [1.29, 1.82) is 0 Å². The lowest BCUT2D eigenvalue weighted by Gasteiger charge is -2.30. The number of fused-ring (bicyclic) bond motifs is 2. The van der Waals surface area contributed by atoms with Crippen LogP contribution in [0.25, 0.3) is 17.4 Å². The van der Waals surface area contributed by atoms with Crippen LogP contribution in [0.1, 0.15) is 43.4 Å². The van der Waals surface area contributed by atoms with Crippen LogP contribution >= 0.6 is 48.0 Å². The van der Waals surface area contributed by atoms with E-state index in [0.29, 0.717) is 32.5 Å². The second-order valence-corrected chi connectivity index (χ2v) is 10.8. The van der Waals surface area contributed by atoms with Crippen molar-refractivity contribution in [1.82, 2.24) is 4.90 Å². The standard InChI is InChI=1S/C24H25ClN2O2S2.ClH/c25-18-7-5-15(6-8-18)20-12-17(2-1-9-26)21(29-20)13-22-23(28)27(24(30)31-22)19-11-14-3-4-16(19)10-14;/h5-8,12-14,16,19H,1-4,9-11,26H2;1H/b22-13-;. The largest absolute Gasteiger partial charge is 0.456 e. The smallest absolute Gasteiger partial charge is 0.266 e. The molecule has 3 fully saturated rings. The van der Waals surface area contributed by atoms with Crippen molar-refractivity contribution in [3.05, 3.63) is 51.6 Å². The molecule has 4 nitrogen and oxygen atoms in total. The molecule has 2 aromatic rings. The van der Waals surface area contributed by atoms with Gasteiger partial charge in [0.1, 0.15) is 15.8 Å². The second kappa shape index (κ2) is 9.90. The van der Waals surface area contributed by atoms with Gasteiger partial charge in [0.15, 0.2) is 0 Å². The van der Waals surface area contributed by atoms with Gasteiger partial charge in [-0.1, -0.05) is 42.0 Å². The van der Waals surface area contributed by atoms with Crippen LogP contribution in [0.3, 0.4) is 0 Å². The van der Waals surface area contributed by atoms with Crippen molar-refractivity contribution in [2.45, 2.75) is 44.6 Å². The number of hydrogen-bond acceptors (Lipinski definition) is 5. The van der Waals surface area contributed by atoms with Crippen molar-refractivity contribution in [3.8, 4) is 11.3 Å². The highest BCUT2D eigenvalue weighted by molar-refractivity contribution is 8.26. The van der Waals surface area contributed by atoms with Crippen molar-refractivity contribution >= 4 is 64.3 Å². The van der Waals surface area contributed by atoms with E-state index in [0.717, 1.165) is 42.1 Å². The average molecular weight is 510 g/mol. The summed E-state index contributed by atoms with van der Waals surface area (Å²) in [5.41, 5.74) is 7.75. The second-order valence-electron chi connectivity index (χ2n) is 8.69. The third-order valence-electron chi connectivity index (χ3n) is 6.74. The molecule has 1 aromatic carbocycles. The zero-order chi connectivity index (χ0) is 21.5. The van der Waals surface area contributed by atoms with Gasteiger partial charge in [0.2, 0.25) is 0 Å². The summed E-state index contributed by atoms with van der Waals surface area (Å²) in [6, 6.07) is 9.88. The van der Waals surface area contributed by atoms with Crippen molar-refractivity contribution < 1.29 is 9.21 Å². The number of nitrogens with zero attached hydrogens (tertiary/aromatic N) is 1. The molecule has 2 bridgehead atoms. The van der Waals surface area contributed by atoms with Gasteiger partial charge < -0.3 is 10.2 Å². The Bertz CT molecular complexity index is 1050. The molecule has 2 saturated carbocycles. The summed E-state index contributed by atoms with van der Waals surface area (Å²) < 4.78 is 6.89. The number of halogens is 2. The zero-order valence-corrected chi connectivity index (χ0v) is 20.8. The van der Waals surface area contributed by atoms with Gasteiger partial charge in [-0.3, -0.25) is 9.69 Å². The molecule has 1 aromatic heterocycles. The topological polar surface area (TPSA) is 59.5 Å². The number of thiocarbonyl (C=S) groups is 1. The maximum atomic E-state index is 13.3. The molecule has 170 valence electrons. The predicted octanol–water partition coefficient (Wildman–Crippen LogP) is 6.30. The zero-order valence-electron chi connectivity index (χ0n) is 17.6. The minimum Gasteiger partial charge on any atom is -0.456 e. The van der Waals surface area contributed by atoms with Crippen LogP contribution in [0.15, 0.2) is 39.7 Å². The molecule has 1 amide bonds. The summed E-state index contributed by atoms with van der Waals surface area (Å²) >= 11 is 13.1. The van der Waals surface area contributed by atoms with E-state index in [-0.39, 0.29) is 24.4 Å². The first kappa shape index (κ1) is 23.8. The van der Waals surface area contributed by atoms with Crippen molar-refractivity contribution in [3.63, 3.8) is 0 Å². The Hall–Kier alpha value is -1.31. The molecule has 1 aliphatic heterocycles. The fourth-order valence-electron chi connectivity index (χ4n) is 5.22. The van der Waals surface area contributed by atoms with E-state index < -0.39 is 0 Å². The number of carbonyl (C=O) groups is 1. The van der Waals surface area contributed by atoms with E-state index in [9.17, 15) is 4.79 Å². The Morgan fingerprint density at radius 1 is 1.25 bits per heavy atom. The van der Waals surface area contributed by atoms with E-state index >= 15 is 0 Å². The lowest BCUT2D eigenvalue weighted by molar-refractivity contribution is -0.124. The Morgan fingerprint density at radius 3 is 2.69 bits per heavy atom. The number of rotatable bonds is 6. The molecule has 0 spiro atoms. The van der Waals surface area contributed by atoms with Crippen LogP contribution in [0, 0.1) is 11.8 Å².